The number of hydrogen-bond donors (Lipinski definition) is 0. The van der Waals surface area contributed by atoms with Crippen LogP contribution in [0, 0.1) is 0 Å². The van der Waals surface area contributed by atoms with Crippen molar-refractivity contribution in [3.05, 3.63) is 54.4 Å². The largest absolute Gasteiger partial charge is 0.334 e. The molecule has 2 aromatic rings. The molecule has 2 aromatic heterocycles. The molecule has 1 aliphatic heterocycles. The molecular weight excluding hydrogens is 302 g/mol. The van der Waals surface area contributed by atoms with Crippen LogP contribution in [0.2, 0.25) is 0 Å². The second-order valence-corrected chi connectivity index (χ2v) is 6.23. The number of nitrogens with zero attached hydrogens (tertiary/aromatic N) is 5. The Balaban J connectivity index is 1.53. The van der Waals surface area contributed by atoms with E-state index in [1.165, 1.54) is 0 Å². The number of likely N-dealkylation sites (tertiary alicyclic amines) is 1. The summed E-state index contributed by atoms with van der Waals surface area (Å²) in [4.78, 5) is 29.2. The summed E-state index contributed by atoms with van der Waals surface area (Å²) < 4.78 is 0. The maximum atomic E-state index is 12.6. The third-order valence-electron chi connectivity index (χ3n) is 4.40. The molecule has 0 N–H and O–H groups in total. The number of amides is 1. The molecule has 3 heterocycles. The Hall–Kier alpha value is -2.34. The van der Waals surface area contributed by atoms with Crippen LogP contribution in [0.1, 0.15) is 36.6 Å². The van der Waals surface area contributed by atoms with Crippen LogP contribution in [0.5, 0.6) is 0 Å². The molecule has 0 aromatic carbocycles. The van der Waals surface area contributed by atoms with E-state index >= 15 is 0 Å². The summed E-state index contributed by atoms with van der Waals surface area (Å²) in [5, 5.41) is 0. The molecule has 0 unspecified atom stereocenters. The second-order valence-electron chi connectivity index (χ2n) is 6.23. The van der Waals surface area contributed by atoms with E-state index in [0.29, 0.717) is 6.42 Å². The van der Waals surface area contributed by atoms with Gasteiger partial charge < -0.3 is 9.80 Å². The number of carbonyl (C=O) groups excluding carboxylic acids is 1. The first kappa shape index (κ1) is 16.5. The minimum absolute atomic E-state index is 0.101. The van der Waals surface area contributed by atoms with Crippen molar-refractivity contribution in [1.29, 1.82) is 0 Å². The fourth-order valence-corrected chi connectivity index (χ4v) is 3.18. The molecule has 1 aliphatic rings. The zero-order valence-electron chi connectivity index (χ0n) is 14.0. The molecule has 0 saturated carbocycles. The van der Waals surface area contributed by atoms with E-state index in [1.807, 2.05) is 30.3 Å². The van der Waals surface area contributed by atoms with Crippen LogP contribution in [-0.4, -0.2) is 50.8 Å². The highest BCUT2D eigenvalue weighted by atomic mass is 16.2. The molecule has 24 heavy (non-hydrogen) atoms. The lowest BCUT2D eigenvalue weighted by Crippen LogP contribution is -2.33. The van der Waals surface area contributed by atoms with E-state index in [-0.39, 0.29) is 11.9 Å². The van der Waals surface area contributed by atoms with Gasteiger partial charge in [0, 0.05) is 44.6 Å². The first-order valence-corrected chi connectivity index (χ1v) is 8.37. The molecule has 0 radical (unpaired) electrons. The van der Waals surface area contributed by atoms with E-state index in [4.69, 9.17) is 0 Å². The zero-order valence-corrected chi connectivity index (χ0v) is 14.0. The van der Waals surface area contributed by atoms with Gasteiger partial charge in [-0.15, -0.1) is 0 Å². The van der Waals surface area contributed by atoms with Gasteiger partial charge in [-0.3, -0.25) is 9.78 Å². The maximum absolute atomic E-state index is 12.6. The molecule has 0 aliphatic carbocycles. The summed E-state index contributed by atoms with van der Waals surface area (Å²) in [5.41, 5.74) is 2.10. The lowest BCUT2D eigenvalue weighted by atomic mass is 10.1. The van der Waals surface area contributed by atoms with E-state index < -0.39 is 0 Å². The monoisotopic (exact) mass is 325 g/mol. The van der Waals surface area contributed by atoms with E-state index in [0.717, 1.165) is 43.7 Å². The summed E-state index contributed by atoms with van der Waals surface area (Å²) >= 11 is 0. The van der Waals surface area contributed by atoms with Gasteiger partial charge in [0.25, 0.3) is 0 Å². The van der Waals surface area contributed by atoms with Gasteiger partial charge in [0.05, 0.1) is 11.7 Å². The van der Waals surface area contributed by atoms with E-state index in [9.17, 15) is 4.79 Å². The van der Waals surface area contributed by atoms with Crippen molar-refractivity contribution in [2.45, 2.75) is 31.8 Å². The van der Waals surface area contributed by atoms with Crippen LogP contribution in [0.3, 0.4) is 0 Å². The number of hydrogen-bond acceptors (Lipinski definition) is 5. The minimum Gasteiger partial charge on any atom is -0.334 e. The smallest absolute Gasteiger partial charge is 0.224 e. The van der Waals surface area contributed by atoms with Crippen LogP contribution in [0.25, 0.3) is 0 Å². The lowest BCUT2D eigenvalue weighted by molar-refractivity contribution is -0.132. The highest BCUT2D eigenvalue weighted by Gasteiger charge is 2.30. The quantitative estimate of drug-likeness (QED) is 0.813. The summed E-state index contributed by atoms with van der Waals surface area (Å²) in [7, 11) is 2.03. The van der Waals surface area contributed by atoms with Crippen molar-refractivity contribution in [3.8, 4) is 0 Å². The SMILES string of the molecule is CN(CCC(=O)N1CCC[C@H]1c1ccncn1)Cc1cccnc1. The standard InChI is InChI=1S/C18H23N5O/c1-22(13-15-4-2-8-19-12-15)11-7-18(24)23-10-3-5-17(23)16-6-9-20-14-21-16/h2,4,6,8-9,12,14,17H,3,5,7,10-11,13H2,1H3/t17-/m0/s1. The van der Waals surface area contributed by atoms with Crippen molar-refractivity contribution in [2.75, 3.05) is 20.1 Å². The predicted molar refractivity (Wildman–Crippen MR) is 90.9 cm³/mol. The first-order chi connectivity index (χ1) is 11.7. The topological polar surface area (TPSA) is 62.2 Å². The Morgan fingerprint density at radius 1 is 1.33 bits per heavy atom. The van der Waals surface area contributed by atoms with Crippen molar-refractivity contribution >= 4 is 5.91 Å². The highest BCUT2D eigenvalue weighted by molar-refractivity contribution is 5.77. The van der Waals surface area contributed by atoms with E-state index in [1.54, 1.807) is 18.7 Å². The van der Waals surface area contributed by atoms with Crippen LogP contribution in [0.15, 0.2) is 43.1 Å². The molecule has 3 rings (SSSR count). The highest BCUT2D eigenvalue weighted by Crippen LogP contribution is 2.30. The molecular formula is C18H23N5O. The molecule has 1 atom stereocenters. The Morgan fingerprint density at radius 3 is 3.00 bits per heavy atom. The Morgan fingerprint density at radius 2 is 2.25 bits per heavy atom. The Bertz CT molecular complexity index is 649. The van der Waals surface area contributed by atoms with Gasteiger partial charge in [0.2, 0.25) is 5.91 Å². The van der Waals surface area contributed by atoms with Crippen molar-refractivity contribution < 1.29 is 4.79 Å². The Labute approximate surface area is 142 Å². The first-order valence-electron chi connectivity index (χ1n) is 8.37. The van der Waals surface area contributed by atoms with Crippen LogP contribution in [0.4, 0.5) is 0 Å². The Kier molecular flexibility index (Phi) is 5.48. The van der Waals surface area contributed by atoms with Gasteiger partial charge in [-0.2, -0.15) is 0 Å². The zero-order chi connectivity index (χ0) is 16.8. The summed E-state index contributed by atoms with van der Waals surface area (Å²) in [6.07, 6.45) is 9.47. The number of aromatic nitrogens is 3. The van der Waals surface area contributed by atoms with Crippen molar-refractivity contribution in [1.82, 2.24) is 24.8 Å². The van der Waals surface area contributed by atoms with Crippen LogP contribution < -0.4 is 0 Å². The number of carbonyl (C=O) groups is 1. The summed E-state index contributed by atoms with van der Waals surface area (Å²) in [5.74, 6) is 0.203. The number of pyridine rings is 1. The van der Waals surface area contributed by atoms with Gasteiger partial charge >= 0.3 is 0 Å². The summed E-state index contributed by atoms with van der Waals surface area (Å²) in [6.45, 7) is 2.36. The molecule has 126 valence electrons. The molecule has 1 fully saturated rings. The third kappa shape index (κ3) is 4.14. The summed E-state index contributed by atoms with van der Waals surface area (Å²) in [6, 6.07) is 6.00. The predicted octanol–water partition coefficient (Wildman–Crippen LogP) is 2.06. The molecule has 6 nitrogen and oxygen atoms in total. The molecule has 0 bridgehead atoms. The van der Waals surface area contributed by atoms with Crippen molar-refractivity contribution in [3.63, 3.8) is 0 Å². The minimum atomic E-state index is 0.101. The van der Waals surface area contributed by atoms with Gasteiger partial charge in [-0.1, -0.05) is 6.07 Å². The third-order valence-corrected chi connectivity index (χ3v) is 4.40. The van der Waals surface area contributed by atoms with Crippen molar-refractivity contribution in [2.24, 2.45) is 0 Å². The average Bonchev–Trinajstić information content (AvgIpc) is 3.11. The fraction of sp³-hybridized carbons (Fsp3) is 0.444. The van der Waals surface area contributed by atoms with Gasteiger partial charge in [-0.25, -0.2) is 9.97 Å². The normalized spacial score (nSPS) is 17.4. The number of rotatable bonds is 6. The molecule has 1 amide bonds. The second kappa shape index (κ2) is 7.97. The van der Waals surface area contributed by atoms with E-state index in [2.05, 4.69) is 25.9 Å². The van der Waals surface area contributed by atoms with Crippen LogP contribution in [-0.2, 0) is 11.3 Å². The lowest BCUT2D eigenvalue weighted by Gasteiger charge is -2.25. The van der Waals surface area contributed by atoms with Gasteiger partial charge in [0.1, 0.15) is 6.33 Å². The maximum Gasteiger partial charge on any atom is 0.224 e. The van der Waals surface area contributed by atoms with Gasteiger partial charge in [0.15, 0.2) is 0 Å². The van der Waals surface area contributed by atoms with Crippen LogP contribution >= 0.6 is 0 Å². The fourth-order valence-electron chi connectivity index (χ4n) is 3.18. The molecule has 6 heteroatoms. The molecule has 1 saturated heterocycles. The average molecular weight is 325 g/mol. The van der Waals surface area contributed by atoms with Gasteiger partial charge in [-0.05, 0) is 37.6 Å². The molecule has 0 spiro atoms.